The molecule has 0 spiro atoms. The molecule has 2 aromatic heterocycles. The number of aryl methyl sites for hydroxylation is 3. The van der Waals surface area contributed by atoms with Crippen molar-refractivity contribution in [3.8, 4) is 5.69 Å². The maximum atomic E-state index is 4.61. The Bertz CT molecular complexity index is 806. The van der Waals surface area contributed by atoms with Gasteiger partial charge in [0.25, 0.3) is 0 Å². The van der Waals surface area contributed by atoms with Gasteiger partial charge < -0.3 is 0 Å². The fraction of sp³-hybridized carbons (Fsp3) is 0.250. The summed E-state index contributed by atoms with van der Waals surface area (Å²) in [7, 11) is 0. The second-order valence-corrected chi connectivity index (χ2v) is 5.18. The van der Waals surface area contributed by atoms with E-state index in [1.165, 1.54) is 0 Å². The molecule has 0 atom stereocenters. The van der Waals surface area contributed by atoms with Crippen molar-refractivity contribution in [3.05, 3.63) is 58.9 Å². The SMILES string of the molecule is Cc1nn(-c2ccccc2)c(C)c1C=Nn1c(C)nnc1C. The van der Waals surface area contributed by atoms with Crippen LogP contribution >= 0.6 is 0 Å². The molecule has 3 aromatic rings. The van der Waals surface area contributed by atoms with Gasteiger partial charge in [0.2, 0.25) is 0 Å². The number of nitrogens with zero attached hydrogens (tertiary/aromatic N) is 6. The predicted molar refractivity (Wildman–Crippen MR) is 85.5 cm³/mol. The van der Waals surface area contributed by atoms with Gasteiger partial charge in [0.15, 0.2) is 11.6 Å². The Morgan fingerprint density at radius 3 is 2.23 bits per heavy atom. The fourth-order valence-electron chi connectivity index (χ4n) is 2.41. The van der Waals surface area contributed by atoms with Crippen LogP contribution in [0.15, 0.2) is 35.4 Å². The number of hydrogen-bond donors (Lipinski definition) is 0. The van der Waals surface area contributed by atoms with Crippen LogP contribution in [0.5, 0.6) is 0 Å². The van der Waals surface area contributed by atoms with Crippen molar-refractivity contribution in [2.75, 3.05) is 0 Å². The van der Waals surface area contributed by atoms with Gasteiger partial charge in [-0.2, -0.15) is 10.2 Å². The molecule has 0 bridgehead atoms. The van der Waals surface area contributed by atoms with Crippen molar-refractivity contribution >= 4 is 6.21 Å². The molecule has 2 heterocycles. The van der Waals surface area contributed by atoms with E-state index in [0.717, 1.165) is 34.3 Å². The molecule has 6 heteroatoms. The molecule has 0 unspecified atom stereocenters. The zero-order valence-corrected chi connectivity index (χ0v) is 13.1. The van der Waals surface area contributed by atoms with Gasteiger partial charge in [0.05, 0.1) is 23.3 Å². The maximum Gasteiger partial charge on any atom is 0.151 e. The first kappa shape index (κ1) is 14.2. The molecule has 0 N–H and O–H groups in total. The van der Waals surface area contributed by atoms with Gasteiger partial charge in [0, 0.05) is 5.56 Å². The van der Waals surface area contributed by atoms with Crippen LogP contribution in [0.2, 0.25) is 0 Å². The smallest absolute Gasteiger partial charge is 0.151 e. The van der Waals surface area contributed by atoms with Crippen LogP contribution in [0.25, 0.3) is 5.69 Å². The van der Waals surface area contributed by atoms with Crippen molar-refractivity contribution < 1.29 is 0 Å². The molecule has 3 rings (SSSR count). The summed E-state index contributed by atoms with van der Waals surface area (Å²) in [5.74, 6) is 1.53. The summed E-state index contributed by atoms with van der Waals surface area (Å²) in [5.41, 5.74) is 4.04. The first-order valence-electron chi connectivity index (χ1n) is 7.12. The highest BCUT2D eigenvalue weighted by molar-refractivity contribution is 5.82. The van der Waals surface area contributed by atoms with Gasteiger partial charge in [0.1, 0.15) is 0 Å². The highest BCUT2D eigenvalue weighted by Gasteiger charge is 2.11. The fourth-order valence-corrected chi connectivity index (χ4v) is 2.41. The lowest BCUT2D eigenvalue weighted by atomic mass is 10.2. The van der Waals surface area contributed by atoms with Gasteiger partial charge in [-0.1, -0.05) is 18.2 Å². The number of para-hydroxylation sites is 1. The molecule has 0 aliphatic carbocycles. The predicted octanol–water partition coefficient (Wildman–Crippen LogP) is 2.58. The summed E-state index contributed by atoms with van der Waals surface area (Å²) < 4.78 is 3.65. The van der Waals surface area contributed by atoms with Gasteiger partial charge in [-0.25, -0.2) is 9.36 Å². The van der Waals surface area contributed by atoms with E-state index in [1.54, 1.807) is 4.68 Å². The second-order valence-electron chi connectivity index (χ2n) is 5.18. The normalized spacial score (nSPS) is 11.5. The second kappa shape index (κ2) is 5.55. The highest BCUT2D eigenvalue weighted by atomic mass is 15.4. The van der Waals surface area contributed by atoms with Crippen LogP contribution in [-0.4, -0.2) is 30.9 Å². The van der Waals surface area contributed by atoms with Crippen molar-refractivity contribution in [2.45, 2.75) is 27.7 Å². The molecule has 6 nitrogen and oxygen atoms in total. The Labute approximate surface area is 129 Å². The van der Waals surface area contributed by atoms with Crippen LogP contribution in [0.1, 0.15) is 28.6 Å². The average Bonchev–Trinajstić information content (AvgIpc) is 2.99. The standard InChI is InChI=1S/C16H18N6/c1-11-16(10-17-22-13(3)18-19-14(22)4)12(2)21(20-11)15-8-6-5-7-9-15/h5-10H,1-4H3. The Morgan fingerprint density at radius 1 is 0.955 bits per heavy atom. The van der Waals surface area contributed by atoms with E-state index in [0.29, 0.717) is 0 Å². The third kappa shape index (κ3) is 2.43. The molecule has 0 radical (unpaired) electrons. The monoisotopic (exact) mass is 294 g/mol. The molecule has 0 saturated carbocycles. The quantitative estimate of drug-likeness (QED) is 0.698. The maximum absolute atomic E-state index is 4.61. The Kier molecular flexibility index (Phi) is 3.58. The van der Waals surface area contributed by atoms with E-state index in [9.17, 15) is 0 Å². The van der Waals surface area contributed by atoms with E-state index < -0.39 is 0 Å². The van der Waals surface area contributed by atoms with Crippen molar-refractivity contribution in [3.63, 3.8) is 0 Å². The minimum absolute atomic E-state index is 0.763. The van der Waals surface area contributed by atoms with E-state index in [1.807, 2.05) is 68.9 Å². The molecular formula is C16H18N6. The third-order valence-electron chi connectivity index (χ3n) is 3.60. The van der Waals surface area contributed by atoms with Crippen LogP contribution in [-0.2, 0) is 0 Å². The first-order valence-corrected chi connectivity index (χ1v) is 7.12. The lowest BCUT2D eigenvalue weighted by molar-refractivity contribution is 0.798. The largest absolute Gasteiger partial charge is 0.237 e. The van der Waals surface area contributed by atoms with Gasteiger partial charge >= 0.3 is 0 Å². The minimum Gasteiger partial charge on any atom is -0.237 e. The van der Waals surface area contributed by atoms with E-state index in [-0.39, 0.29) is 0 Å². The summed E-state index contributed by atoms with van der Waals surface area (Å²) in [6.07, 6.45) is 1.82. The van der Waals surface area contributed by atoms with E-state index in [4.69, 9.17) is 0 Å². The Hall–Kier alpha value is -2.76. The summed E-state index contributed by atoms with van der Waals surface area (Å²) in [4.78, 5) is 0. The van der Waals surface area contributed by atoms with E-state index in [2.05, 4.69) is 20.4 Å². The van der Waals surface area contributed by atoms with Crippen LogP contribution in [0.4, 0.5) is 0 Å². The molecule has 22 heavy (non-hydrogen) atoms. The molecule has 1 aromatic carbocycles. The number of rotatable bonds is 3. The lowest BCUT2D eigenvalue weighted by Gasteiger charge is -2.03. The molecule has 112 valence electrons. The Balaban J connectivity index is 2.01. The zero-order chi connectivity index (χ0) is 15.7. The molecule has 0 amide bonds. The van der Waals surface area contributed by atoms with Crippen molar-refractivity contribution in [2.24, 2.45) is 5.10 Å². The summed E-state index contributed by atoms with van der Waals surface area (Å²) in [6.45, 7) is 7.79. The zero-order valence-electron chi connectivity index (χ0n) is 13.1. The van der Waals surface area contributed by atoms with Gasteiger partial charge in [-0.3, -0.25) is 0 Å². The minimum atomic E-state index is 0.763. The van der Waals surface area contributed by atoms with Gasteiger partial charge in [-0.05, 0) is 39.8 Å². The summed E-state index contributed by atoms with van der Waals surface area (Å²) in [6, 6.07) is 10.1. The number of aromatic nitrogens is 5. The summed E-state index contributed by atoms with van der Waals surface area (Å²) >= 11 is 0. The molecule has 0 saturated heterocycles. The van der Waals surface area contributed by atoms with Gasteiger partial charge in [-0.15, -0.1) is 10.2 Å². The van der Waals surface area contributed by atoms with Crippen molar-refractivity contribution in [1.82, 2.24) is 24.7 Å². The topological polar surface area (TPSA) is 60.9 Å². The first-order chi connectivity index (χ1) is 10.6. The average molecular weight is 294 g/mol. The molecule has 0 fully saturated rings. The summed E-state index contributed by atoms with van der Waals surface area (Å²) in [5, 5.41) is 17.1. The van der Waals surface area contributed by atoms with Crippen LogP contribution in [0.3, 0.4) is 0 Å². The number of hydrogen-bond acceptors (Lipinski definition) is 4. The van der Waals surface area contributed by atoms with Crippen LogP contribution in [0, 0.1) is 27.7 Å². The molecule has 0 aliphatic heterocycles. The highest BCUT2D eigenvalue weighted by Crippen LogP contribution is 2.16. The van der Waals surface area contributed by atoms with Crippen LogP contribution < -0.4 is 0 Å². The van der Waals surface area contributed by atoms with Crippen molar-refractivity contribution in [1.29, 1.82) is 0 Å². The lowest BCUT2D eigenvalue weighted by Crippen LogP contribution is -2.00. The number of benzene rings is 1. The third-order valence-corrected chi connectivity index (χ3v) is 3.60. The van der Waals surface area contributed by atoms with E-state index >= 15 is 0 Å². The Morgan fingerprint density at radius 2 is 1.59 bits per heavy atom. The molecule has 0 aliphatic rings. The molecular weight excluding hydrogens is 276 g/mol.